The van der Waals surface area contributed by atoms with Crippen LogP contribution >= 0.6 is 0 Å². The van der Waals surface area contributed by atoms with E-state index in [1.165, 1.54) is 18.6 Å². The molecule has 6 nitrogen and oxygen atoms in total. The number of carbonyl (C=O) groups is 1. The average Bonchev–Trinajstić information content (AvgIpc) is 2.60. The van der Waals surface area contributed by atoms with Gasteiger partial charge in [0.2, 0.25) is 10.0 Å². The molecule has 134 valence electrons. The highest BCUT2D eigenvalue weighted by atomic mass is 32.2. The van der Waals surface area contributed by atoms with Crippen LogP contribution in [0.3, 0.4) is 0 Å². The highest BCUT2D eigenvalue weighted by molar-refractivity contribution is 7.89. The number of ether oxygens (including phenoxy) is 1. The molecule has 1 saturated heterocycles. The summed E-state index contributed by atoms with van der Waals surface area (Å²) in [5.74, 6) is 0.465. The van der Waals surface area contributed by atoms with E-state index in [1.807, 2.05) is 18.7 Å². The van der Waals surface area contributed by atoms with Gasteiger partial charge in [-0.1, -0.05) is 6.92 Å². The van der Waals surface area contributed by atoms with Gasteiger partial charge in [-0.15, -0.1) is 0 Å². The van der Waals surface area contributed by atoms with Crippen molar-refractivity contribution in [1.82, 2.24) is 9.62 Å². The summed E-state index contributed by atoms with van der Waals surface area (Å²) in [5, 5.41) is 0. The van der Waals surface area contributed by atoms with E-state index in [9.17, 15) is 13.2 Å². The average molecular weight is 354 g/mol. The molecule has 0 aromatic heterocycles. The summed E-state index contributed by atoms with van der Waals surface area (Å²) in [6.45, 7) is 5.31. The molecule has 1 heterocycles. The fraction of sp³-hybridized carbons (Fsp3) is 0.588. The number of piperidine rings is 1. The summed E-state index contributed by atoms with van der Waals surface area (Å²) >= 11 is 0. The van der Waals surface area contributed by atoms with Crippen molar-refractivity contribution < 1.29 is 17.9 Å². The minimum atomic E-state index is -3.52. The number of rotatable bonds is 7. The van der Waals surface area contributed by atoms with Crippen molar-refractivity contribution in [2.75, 3.05) is 19.7 Å². The largest absolute Gasteiger partial charge is 0.484 e. The van der Waals surface area contributed by atoms with Crippen LogP contribution in [0.4, 0.5) is 0 Å². The third kappa shape index (κ3) is 5.21. The van der Waals surface area contributed by atoms with Gasteiger partial charge in [0.05, 0.1) is 4.90 Å². The minimum Gasteiger partial charge on any atom is -0.484 e. The van der Waals surface area contributed by atoms with Gasteiger partial charge < -0.3 is 9.64 Å². The van der Waals surface area contributed by atoms with Crippen molar-refractivity contribution >= 4 is 15.9 Å². The number of sulfonamides is 1. The number of likely N-dealkylation sites (tertiary alicyclic amines) is 1. The molecule has 0 aliphatic carbocycles. The second-order valence-electron chi connectivity index (χ2n) is 6.13. The first kappa shape index (κ1) is 18.7. The van der Waals surface area contributed by atoms with Gasteiger partial charge in [0.15, 0.2) is 6.61 Å². The lowest BCUT2D eigenvalue weighted by Gasteiger charge is -2.26. The Hall–Kier alpha value is -1.60. The fourth-order valence-electron chi connectivity index (χ4n) is 2.51. The molecular formula is C17H26N2O4S. The van der Waals surface area contributed by atoms with E-state index >= 15 is 0 Å². The zero-order valence-electron chi connectivity index (χ0n) is 14.3. The van der Waals surface area contributed by atoms with Crippen LogP contribution in [-0.4, -0.2) is 45.0 Å². The lowest BCUT2D eigenvalue weighted by atomic mass is 10.1. The van der Waals surface area contributed by atoms with Crippen molar-refractivity contribution in [3.05, 3.63) is 24.3 Å². The molecular weight excluding hydrogens is 328 g/mol. The van der Waals surface area contributed by atoms with Crippen molar-refractivity contribution in [3.63, 3.8) is 0 Å². The zero-order valence-corrected chi connectivity index (χ0v) is 15.1. The minimum absolute atomic E-state index is 0.0167. The first-order valence-electron chi connectivity index (χ1n) is 8.45. The monoisotopic (exact) mass is 354 g/mol. The van der Waals surface area contributed by atoms with E-state index in [2.05, 4.69) is 4.72 Å². The number of benzene rings is 1. The van der Waals surface area contributed by atoms with Crippen LogP contribution in [0.1, 0.15) is 39.5 Å². The molecule has 0 bridgehead atoms. The van der Waals surface area contributed by atoms with Crippen LogP contribution < -0.4 is 9.46 Å². The molecule has 24 heavy (non-hydrogen) atoms. The molecule has 0 radical (unpaired) electrons. The molecule has 2 rings (SSSR count). The van der Waals surface area contributed by atoms with E-state index in [0.29, 0.717) is 5.75 Å². The number of amides is 1. The van der Waals surface area contributed by atoms with E-state index in [-0.39, 0.29) is 23.5 Å². The van der Waals surface area contributed by atoms with Gasteiger partial charge in [-0.25, -0.2) is 13.1 Å². The maximum Gasteiger partial charge on any atom is 0.260 e. The summed E-state index contributed by atoms with van der Waals surface area (Å²) in [5.41, 5.74) is 0. The summed E-state index contributed by atoms with van der Waals surface area (Å²) in [6, 6.07) is 6.02. The van der Waals surface area contributed by atoms with Crippen LogP contribution in [0.15, 0.2) is 29.2 Å². The maximum atomic E-state index is 12.2. The summed E-state index contributed by atoms with van der Waals surface area (Å²) in [7, 11) is -3.52. The predicted octanol–water partition coefficient (Wildman–Crippen LogP) is 2.15. The standard InChI is InChI=1S/C17H26N2O4S/c1-3-14(2)18-24(21,22)16-9-7-15(8-10-16)23-13-17(20)19-11-5-4-6-12-19/h7-10,14,18H,3-6,11-13H2,1-2H3/t14-/m1/s1. The molecule has 1 atom stereocenters. The van der Waals surface area contributed by atoms with E-state index in [1.54, 1.807) is 12.1 Å². The molecule has 1 aliphatic rings. The molecule has 1 N–H and O–H groups in total. The summed E-state index contributed by atoms with van der Waals surface area (Å²) < 4.78 is 32.4. The highest BCUT2D eigenvalue weighted by Crippen LogP contribution is 2.17. The lowest BCUT2D eigenvalue weighted by Crippen LogP contribution is -2.38. The Morgan fingerprint density at radius 2 is 1.83 bits per heavy atom. The summed E-state index contributed by atoms with van der Waals surface area (Å²) in [6.07, 6.45) is 3.98. The first-order chi connectivity index (χ1) is 11.4. The van der Waals surface area contributed by atoms with Gasteiger partial charge in [-0.3, -0.25) is 4.79 Å². The van der Waals surface area contributed by atoms with Gasteiger partial charge in [-0.2, -0.15) is 0 Å². The Morgan fingerprint density at radius 1 is 1.21 bits per heavy atom. The molecule has 1 fully saturated rings. The number of nitrogens with one attached hydrogen (secondary N) is 1. The quantitative estimate of drug-likeness (QED) is 0.814. The van der Waals surface area contributed by atoms with Crippen LogP contribution in [0.2, 0.25) is 0 Å². The Balaban J connectivity index is 1.91. The number of nitrogens with zero attached hydrogens (tertiary/aromatic N) is 1. The van der Waals surface area contributed by atoms with Gasteiger partial charge in [0.1, 0.15) is 5.75 Å². The molecule has 1 aromatic carbocycles. The van der Waals surface area contributed by atoms with Crippen LogP contribution in [-0.2, 0) is 14.8 Å². The topological polar surface area (TPSA) is 75.7 Å². The number of carbonyl (C=O) groups excluding carboxylic acids is 1. The van der Waals surface area contributed by atoms with E-state index < -0.39 is 10.0 Å². The lowest BCUT2D eigenvalue weighted by molar-refractivity contribution is -0.134. The third-order valence-corrected chi connectivity index (χ3v) is 5.78. The van der Waals surface area contributed by atoms with Crippen LogP contribution in [0, 0.1) is 0 Å². The Morgan fingerprint density at radius 3 is 2.42 bits per heavy atom. The van der Waals surface area contributed by atoms with Gasteiger partial charge in [0, 0.05) is 19.1 Å². The number of hydrogen-bond donors (Lipinski definition) is 1. The smallest absolute Gasteiger partial charge is 0.260 e. The number of hydrogen-bond acceptors (Lipinski definition) is 4. The zero-order chi connectivity index (χ0) is 17.6. The highest BCUT2D eigenvalue weighted by Gasteiger charge is 2.18. The predicted molar refractivity (Wildman–Crippen MR) is 92.4 cm³/mol. The molecule has 7 heteroatoms. The maximum absolute atomic E-state index is 12.2. The normalized spacial score (nSPS) is 16.7. The molecule has 0 spiro atoms. The Labute approximate surface area is 144 Å². The van der Waals surface area contributed by atoms with Crippen molar-refractivity contribution in [1.29, 1.82) is 0 Å². The molecule has 1 aromatic rings. The second kappa shape index (κ2) is 8.48. The molecule has 1 aliphatic heterocycles. The SMILES string of the molecule is CC[C@@H](C)NS(=O)(=O)c1ccc(OCC(=O)N2CCCCC2)cc1. The van der Waals surface area contributed by atoms with Crippen LogP contribution in [0.25, 0.3) is 0 Å². The molecule has 0 unspecified atom stereocenters. The molecule has 1 amide bonds. The van der Waals surface area contributed by atoms with Crippen molar-refractivity contribution in [2.24, 2.45) is 0 Å². The first-order valence-corrected chi connectivity index (χ1v) is 9.93. The van der Waals surface area contributed by atoms with Gasteiger partial charge >= 0.3 is 0 Å². The van der Waals surface area contributed by atoms with Crippen LogP contribution in [0.5, 0.6) is 5.75 Å². The fourth-order valence-corrected chi connectivity index (χ4v) is 3.84. The van der Waals surface area contributed by atoms with Gasteiger partial charge in [0.25, 0.3) is 5.91 Å². The van der Waals surface area contributed by atoms with Crippen molar-refractivity contribution in [3.8, 4) is 5.75 Å². The van der Waals surface area contributed by atoms with E-state index in [4.69, 9.17) is 4.74 Å². The second-order valence-corrected chi connectivity index (χ2v) is 7.85. The summed E-state index contributed by atoms with van der Waals surface area (Å²) in [4.78, 5) is 14.1. The molecule has 0 saturated carbocycles. The van der Waals surface area contributed by atoms with E-state index in [0.717, 1.165) is 32.4 Å². The van der Waals surface area contributed by atoms with Crippen molar-refractivity contribution in [2.45, 2.75) is 50.5 Å². The third-order valence-electron chi connectivity index (χ3n) is 4.17. The Kier molecular flexibility index (Phi) is 6.62. The Bertz CT molecular complexity index is 637. The van der Waals surface area contributed by atoms with Gasteiger partial charge in [-0.05, 0) is 56.9 Å².